The van der Waals surface area contributed by atoms with Crippen LogP contribution in [0.3, 0.4) is 0 Å². The van der Waals surface area contributed by atoms with Gasteiger partial charge in [-0.25, -0.2) is 9.78 Å². The molecule has 0 aliphatic carbocycles. The standard InChI is InChI=1S/C23H22N4O3/c1-15-5-4-10-27-14-21(26-22(15)27)16-6-8-17(9-7-16)24-23(28)25-18-11-19(29-2)13-20(12-18)30-3/h4-14H,1-3H3,(H2,24,25,28). The summed E-state index contributed by atoms with van der Waals surface area (Å²) >= 11 is 0. The first-order valence-electron chi connectivity index (χ1n) is 9.41. The molecule has 0 spiro atoms. The van der Waals surface area contributed by atoms with E-state index in [1.54, 1.807) is 32.4 Å². The first kappa shape index (κ1) is 19.3. The van der Waals surface area contributed by atoms with Crippen molar-refractivity contribution < 1.29 is 14.3 Å². The minimum Gasteiger partial charge on any atom is -0.497 e. The number of aromatic nitrogens is 2. The van der Waals surface area contributed by atoms with Crippen molar-refractivity contribution >= 4 is 23.1 Å². The molecule has 7 nitrogen and oxygen atoms in total. The normalized spacial score (nSPS) is 10.6. The smallest absolute Gasteiger partial charge is 0.323 e. The molecule has 2 heterocycles. The van der Waals surface area contributed by atoms with E-state index in [2.05, 4.69) is 10.6 Å². The summed E-state index contributed by atoms with van der Waals surface area (Å²) in [5.41, 5.74) is 5.15. The van der Waals surface area contributed by atoms with Crippen LogP contribution >= 0.6 is 0 Å². The number of anilines is 2. The van der Waals surface area contributed by atoms with Gasteiger partial charge in [-0.1, -0.05) is 18.2 Å². The molecule has 0 unspecified atom stereocenters. The van der Waals surface area contributed by atoms with Crippen LogP contribution in [-0.4, -0.2) is 29.6 Å². The van der Waals surface area contributed by atoms with Crippen molar-refractivity contribution in [2.45, 2.75) is 6.92 Å². The molecule has 0 atom stereocenters. The Morgan fingerprint density at radius 1 is 0.933 bits per heavy atom. The summed E-state index contributed by atoms with van der Waals surface area (Å²) in [5.74, 6) is 1.19. The van der Waals surface area contributed by atoms with Crippen LogP contribution in [0.25, 0.3) is 16.9 Å². The number of hydrogen-bond donors (Lipinski definition) is 2. The summed E-state index contributed by atoms with van der Waals surface area (Å²) in [4.78, 5) is 17.1. The highest BCUT2D eigenvalue weighted by Gasteiger charge is 2.09. The monoisotopic (exact) mass is 402 g/mol. The van der Waals surface area contributed by atoms with Crippen LogP contribution in [0.15, 0.2) is 67.0 Å². The Morgan fingerprint density at radius 2 is 1.60 bits per heavy atom. The molecule has 0 fully saturated rings. The highest BCUT2D eigenvalue weighted by molar-refractivity contribution is 6.00. The number of amides is 2. The average molecular weight is 402 g/mol. The number of aryl methyl sites for hydroxylation is 1. The molecule has 2 N–H and O–H groups in total. The van der Waals surface area contributed by atoms with Crippen molar-refractivity contribution in [3.8, 4) is 22.8 Å². The zero-order valence-corrected chi connectivity index (χ0v) is 17.0. The number of nitrogens with zero attached hydrogens (tertiary/aromatic N) is 2. The zero-order valence-electron chi connectivity index (χ0n) is 17.0. The van der Waals surface area contributed by atoms with Crippen LogP contribution in [0.2, 0.25) is 0 Å². The van der Waals surface area contributed by atoms with Gasteiger partial charge in [0.2, 0.25) is 0 Å². The van der Waals surface area contributed by atoms with Gasteiger partial charge in [0.1, 0.15) is 17.1 Å². The Hall–Kier alpha value is -4.00. The van der Waals surface area contributed by atoms with Crippen LogP contribution in [0, 0.1) is 6.92 Å². The lowest BCUT2D eigenvalue weighted by Gasteiger charge is -2.11. The average Bonchev–Trinajstić information content (AvgIpc) is 3.19. The summed E-state index contributed by atoms with van der Waals surface area (Å²) in [6.07, 6.45) is 3.97. The molecule has 2 aromatic heterocycles. The van der Waals surface area contributed by atoms with E-state index in [1.807, 2.05) is 60.1 Å². The molecule has 0 aliphatic rings. The Labute approximate surface area is 174 Å². The van der Waals surface area contributed by atoms with Crippen molar-refractivity contribution in [3.05, 3.63) is 72.6 Å². The Kier molecular flexibility index (Phi) is 5.26. The molecule has 0 aliphatic heterocycles. The Bertz CT molecular complexity index is 1180. The molecule has 0 saturated carbocycles. The number of carbonyl (C=O) groups is 1. The minimum atomic E-state index is -0.360. The van der Waals surface area contributed by atoms with Crippen molar-refractivity contribution in [2.75, 3.05) is 24.9 Å². The summed E-state index contributed by atoms with van der Waals surface area (Å²) in [6.45, 7) is 2.04. The van der Waals surface area contributed by atoms with E-state index < -0.39 is 0 Å². The number of pyridine rings is 1. The highest BCUT2D eigenvalue weighted by atomic mass is 16.5. The van der Waals surface area contributed by atoms with E-state index in [9.17, 15) is 4.79 Å². The number of rotatable bonds is 5. The molecular formula is C23H22N4O3. The quantitative estimate of drug-likeness (QED) is 0.494. The van der Waals surface area contributed by atoms with Gasteiger partial charge in [-0.2, -0.15) is 0 Å². The van der Waals surface area contributed by atoms with Gasteiger partial charge in [-0.3, -0.25) is 0 Å². The molecule has 0 saturated heterocycles. The first-order chi connectivity index (χ1) is 14.6. The molecular weight excluding hydrogens is 380 g/mol. The molecule has 4 aromatic rings. The van der Waals surface area contributed by atoms with Gasteiger partial charge < -0.3 is 24.5 Å². The van der Waals surface area contributed by atoms with Crippen LogP contribution in [0.5, 0.6) is 11.5 Å². The van der Waals surface area contributed by atoms with Crippen LogP contribution < -0.4 is 20.1 Å². The number of imidazole rings is 1. The van der Waals surface area contributed by atoms with E-state index in [0.29, 0.717) is 22.9 Å². The van der Waals surface area contributed by atoms with Gasteiger partial charge in [0.15, 0.2) is 0 Å². The lowest BCUT2D eigenvalue weighted by molar-refractivity contribution is 0.262. The topological polar surface area (TPSA) is 76.9 Å². The molecule has 4 rings (SSSR count). The van der Waals surface area contributed by atoms with Gasteiger partial charge in [0.05, 0.1) is 19.9 Å². The van der Waals surface area contributed by atoms with E-state index in [4.69, 9.17) is 14.5 Å². The lowest BCUT2D eigenvalue weighted by atomic mass is 10.1. The number of methoxy groups -OCH3 is 2. The maximum atomic E-state index is 12.4. The summed E-state index contributed by atoms with van der Waals surface area (Å²) in [5, 5.41) is 5.61. The maximum Gasteiger partial charge on any atom is 0.323 e. The lowest BCUT2D eigenvalue weighted by Crippen LogP contribution is -2.19. The fourth-order valence-electron chi connectivity index (χ4n) is 3.19. The summed E-state index contributed by atoms with van der Waals surface area (Å²) in [6, 6.07) is 16.4. The van der Waals surface area contributed by atoms with E-state index in [-0.39, 0.29) is 6.03 Å². The third kappa shape index (κ3) is 4.05. The van der Waals surface area contributed by atoms with Crippen LogP contribution in [-0.2, 0) is 0 Å². The molecule has 2 aromatic carbocycles. The fourth-order valence-corrected chi connectivity index (χ4v) is 3.19. The fraction of sp³-hybridized carbons (Fsp3) is 0.130. The number of ether oxygens (including phenoxy) is 2. The number of carbonyl (C=O) groups excluding carboxylic acids is 1. The van der Waals surface area contributed by atoms with Crippen molar-refractivity contribution in [2.24, 2.45) is 0 Å². The number of benzene rings is 2. The van der Waals surface area contributed by atoms with Gasteiger partial charge in [0, 0.05) is 47.5 Å². The third-order valence-corrected chi connectivity index (χ3v) is 4.73. The second kappa shape index (κ2) is 8.16. The Balaban J connectivity index is 1.46. The van der Waals surface area contributed by atoms with Gasteiger partial charge >= 0.3 is 6.03 Å². The van der Waals surface area contributed by atoms with E-state index in [1.165, 1.54) is 0 Å². The van der Waals surface area contributed by atoms with Gasteiger partial charge in [-0.15, -0.1) is 0 Å². The van der Waals surface area contributed by atoms with E-state index in [0.717, 1.165) is 22.5 Å². The zero-order chi connectivity index (χ0) is 21.1. The number of urea groups is 1. The van der Waals surface area contributed by atoms with E-state index >= 15 is 0 Å². The number of hydrogen-bond acceptors (Lipinski definition) is 4. The maximum absolute atomic E-state index is 12.4. The largest absolute Gasteiger partial charge is 0.497 e. The Morgan fingerprint density at radius 3 is 2.23 bits per heavy atom. The highest BCUT2D eigenvalue weighted by Crippen LogP contribution is 2.26. The second-order valence-electron chi connectivity index (χ2n) is 6.81. The second-order valence-corrected chi connectivity index (χ2v) is 6.81. The predicted octanol–water partition coefficient (Wildman–Crippen LogP) is 4.97. The summed E-state index contributed by atoms with van der Waals surface area (Å²) in [7, 11) is 3.12. The molecule has 30 heavy (non-hydrogen) atoms. The van der Waals surface area contributed by atoms with Crippen molar-refractivity contribution in [1.82, 2.24) is 9.38 Å². The van der Waals surface area contributed by atoms with Gasteiger partial charge in [-0.05, 0) is 30.7 Å². The SMILES string of the molecule is COc1cc(NC(=O)Nc2ccc(-c3cn4cccc(C)c4n3)cc2)cc(OC)c1. The van der Waals surface area contributed by atoms with Crippen LogP contribution in [0.4, 0.5) is 16.2 Å². The first-order valence-corrected chi connectivity index (χ1v) is 9.41. The number of fused-ring (bicyclic) bond motifs is 1. The molecule has 0 radical (unpaired) electrons. The molecule has 152 valence electrons. The predicted molar refractivity (Wildman–Crippen MR) is 118 cm³/mol. The van der Waals surface area contributed by atoms with Crippen molar-refractivity contribution in [3.63, 3.8) is 0 Å². The molecule has 7 heteroatoms. The minimum absolute atomic E-state index is 0.360. The third-order valence-electron chi connectivity index (χ3n) is 4.73. The number of nitrogens with one attached hydrogen (secondary N) is 2. The molecule has 0 bridgehead atoms. The van der Waals surface area contributed by atoms with Crippen molar-refractivity contribution in [1.29, 1.82) is 0 Å². The summed E-state index contributed by atoms with van der Waals surface area (Å²) < 4.78 is 12.5. The van der Waals surface area contributed by atoms with Crippen LogP contribution in [0.1, 0.15) is 5.56 Å². The van der Waals surface area contributed by atoms with Gasteiger partial charge in [0.25, 0.3) is 0 Å². The molecule has 2 amide bonds.